The molecule has 0 saturated carbocycles. The van der Waals surface area contributed by atoms with E-state index in [1.807, 2.05) is 0 Å². The average Bonchev–Trinajstić information content (AvgIpc) is 2.97. The minimum Gasteiger partial charge on any atom is -0.455 e. The Balaban J connectivity index is 1.92. The molecule has 1 heterocycles. The van der Waals surface area contributed by atoms with Gasteiger partial charge in [0.2, 0.25) is 0 Å². The zero-order chi connectivity index (χ0) is 15.7. The number of hydrogen-bond acceptors (Lipinski definition) is 4. The van der Waals surface area contributed by atoms with Gasteiger partial charge < -0.3 is 14.9 Å². The molecule has 0 aliphatic carbocycles. The largest absolute Gasteiger partial charge is 0.455 e. The highest BCUT2D eigenvalue weighted by atomic mass is 19.4. The van der Waals surface area contributed by atoms with Crippen LogP contribution in [0.4, 0.5) is 13.2 Å². The van der Waals surface area contributed by atoms with Gasteiger partial charge in [-0.2, -0.15) is 13.2 Å². The summed E-state index contributed by atoms with van der Waals surface area (Å²) < 4.78 is 48.4. The summed E-state index contributed by atoms with van der Waals surface area (Å²) in [6.07, 6.45) is -3.11. The van der Waals surface area contributed by atoms with Crippen LogP contribution < -0.4 is 10.5 Å². The molecule has 2 N–H and O–H groups in total. The van der Waals surface area contributed by atoms with Gasteiger partial charge in [-0.05, 0) is 30.3 Å². The van der Waals surface area contributed by atoms with Gasteiger partial charge in [-0.1, -0.05) is 6.07 Å². The van der Waals surface area contributed by atoms with Crippen LogP contribution in [0.5, 0.6) is 11.5 Å². The van der Waals surface area contributed by atoms with Crippen LogP contribution in [0.2, 0.25) is 0 Å². The highest BCUT2D eigenvalue weighted by Gasteiger charge is 2.30. The van der Waals surface area contributed by atoms with Crippen molar-refractivity contribution in [2.45, 2.75) is 12.7 Å². The Morgan fingerprint density at radius 2 is 1.82 bits per heavy atom. The van der Waals surface area contributed by atoms with Gasteiger partial charge in [0.15, 0.2) is 23.2 Å². The Morgan fingerprint density at radius 1 is 1.09 bits per heavy atom. The van der Waals surface area contributed by atoms with Gasteiger partial charge in [0.05, 0.1) is 5.56 Å². The quantitative estimate of drug-likeness (QED) is 0.791. The molecule has 0 aliphatic heterocycles. The Hall–Kier alpha value is -2.54. The first kappa shape index (κ1) is 14.4. The number of nitrogens with two attached hydrogens (primary N) is 1. The predicted molar refractivity (Wildman–Crippen MR) is 73.4 cm³/mol. The fourth-order valence-electron chi connectivity index (χ4n) is 2.06. The third-order valence-electron chi connectivity index (χ3n) is 3.16. The van der Waals surface area contributed by atoms with Gasteiger partial charge >= 0.3 is 6.18 Å². The normalized spacial score (nSPS) is 11.8. The molecule has 114 valence electrons. The van der Waals surface area contributed by atoms with Crippen LogP contribution in [0, 0.1) is 0 Å². The zero-order valence-electron chi connectivity index (χ0n) is 11.2. The molecular weight excluding hydrogens is 297 g/mol. The molecule has 1 aromatic heterocycles. The summed E-state index contributed by atoms with van der Waals surface area (Å²) in [5, 5.41) is 0. The Bertz CT molecular complexity index is 795. The summed E-state index contributed by atoms with van der Waals surface area (Å²) in [6.45, 7) is 0.284. The predicted octanol–water partition coefficient (Wildman–Crippen LogP) is 4.10. The van der Waals surface area contributed by atoms with Gasteiger partial charge in [0, 0.05) is 12.1 Å². The molecule has 0 bridgehead atoms. The molecule has 7 heteroatoms. The number of hydrogen-bond donors (Lipinski definition) is 1. The van der Waals surface area contributed by atoms with E-state index in [4.69, 9.17) is 14.9 Å². The van der Waals surface area contributed by atoms with E-state index >= 15 is 0 Å². The van der Waals surface area contributed by atoms with Crippen LogP contribution in [0.15, 0.2) is 47.2 Å². The van der Waals surface area contributed by atoms with Crippen LogP contribution in [0.1, 0.15) is 11.1 Å². The highest BCUT2D eigenvalue weighted by Crippen LogP contribution is 2.33. The van der Waals surface area contributed by atoms with E-state index in [1.54, 1.807) is 12.1 Å². The second-order valence-electron chi connectivity index (χ2n) is 4.58. The fraction of sp³-hybridized carbons (Fsp3) is 0.133. The van der Waals surface area contributed by atoms with Crippen molar-refractivity contribution in [1.82, 2.24) is 4.98 Å². The summed E-state index contributed by atoms with van der Waals surface area (Å²) >= 11 is 0. The SMILES string of the molecule is NCc1ccc(Oc2ccc(C(F)(F)F)cc2)c2ncoc12. The molecule has 0 aliphatic rings. The number of nitrogens with zero attached hydrogens (tertiary/aromatic N) is 1. The summed E-state index contributed by atoms with van der Waals surface area (Å²) in [6, 6.07) is 7.82. The molecule has 4 nitrogen and oxygen atoms in total. The third kappa shape index (κ3) is 2.62. The molecule has 0 spiro atoms. The van der Waals surface area contributed by atoms with Crippen molar-refractivity contribution in [2.24, 2.45) is 5.73 Å². The first-order chi connectivity index (χ1) is 10.5. The number of alkyl halides is 3. The smallest absolute Gasteiger partial charge is 0.416 e. The lowest BCUT2D eigenvalue weighted by molar-refractivity contribution is -0.137. The number of aromatic nitrogens is 1. The summed E-state index contributed by atoms with van der Waals surface area (Å²) in [5.41, 5.74) is 6.62. The minimum absolute atomic E-state index is 0.276. The molecule has 0 radical (unpaired) electrons. The molecule has 0 unspecified atom stereocenters. The van der Waals surface area contributed by atoms with Crippen molar-refractivity contribution in [1.29, 1.82) is 0 Å². The second kappa shape index (κ2) is 5.34. The van der Waals surface area contributed by atoms with Crippen LogP contribution in [0.25, 0.3) is 11.1 Å². The molecule has 3 rings (SSSR count). The van der Waals surface area contributed by atoms with Gasteiger partial charge in [0.1, 0.15) is 5.75 Å². The summed E-state index contributed by atoms with van der Waals surface area (Å²) in [5.74, 6) is 0.665. The Labute approximate surface area is 123 Å². The van der Waals surface area contributed by atoms with E-state index in [0.717, 1.165) is 17.7 Å². The van der Waals surface area contributed by atoms with E-state index in [9.17, 15) is 13.2 Å². The second-order valence-corrected chi connectivity index (χ2v) is 4.58. The van der Waals surface area contributed by atoms with Crippen molar-refractivity contribution in [3.05, 3.63) is 53.9 Å². The average molecular weight is 308 g/mol. The van der Waals surface area contributed by atoms with Crippen molar-refractivity contribution in [2.75, 3.05) is 0 Å². The lowest BCUT2D eigenvalue weighted by atomic mass is 10.2. The Morgan fingerprint density at radius 3 is 2.45 bits per heavy atom. The van der Waals surface area contributed by atoms with Gasteiger partial charge in [-0.3, -0.25) is 0 Å². The highest BCUT2D eigenvalue weighted by molar-refractivity contribution is 5.82. The number of rotatable bonds is 3. The molecular formula is C15H11F3N2O2. The van der Waals surface area contributed by atoms with Crippen LogP contribution in [0.3, 0.4) is 0 Å². The molecule has 0 saturated heterocycles. The van der Waals surface area contributed by atoms with Crippen LogP contribution in [-0.2, 0) is 12.7 Å². The maximum atomic E-state index is 12.5. The maximum absolute atomic E-state index is 12.5. The van der Waals surface area contributed by atoms with E-state index < -0.39 is 11.7 Å². The summed E-state index contributed by atoms with van der Waals surface area (Å²) in [4.78, 5) is 4.05. The van der Waals surface area contributed by atoms with Crippen molar-refractivity contribution in [3.8, 4) is 11.5 Å². The third-order valence-corrected chi connectivity index (χ3v) is 3.16. The van der Waals surface area contributed by atoms with E-state index in [2.05, 4.69) is 4.98 Å². The lowest BCUT2D eigenvalue weighted by Crippen LogP contribution is -2.04. The van der Waals surface area contributed by atoms with Gasteiger partial charge in [-0.15, -0.1) is 0 Å². The first-order valence-electron chi connectivity index (χ1n) is 6.39. The molecule has 3 aromatic rings. The van der Waals surface area contributed by atoms with Gasteiger partial charge in [-0.25, -0.2) is 4.98 Å². The Kier molecular flexibility index (Phi) is 3.50. The van der Waals surface area contributed by atoms with Crippen LogP contribution in [-0.4, -0.2) is 4.98 Å². The fourth-order valence-corrected chi connectivity index (χ4v) is 2.06. The van der Waals surface area contributed by atoms with E-state index in [0.29, 0.717) is 16.8 Å². The minimum atomic E-state index is -4.37. The maximum Gasteiger partial charge on any atom is 0.416 e. The van der Waals surface area contributed by atoms with Crippen molar-refractivity contribution in [3.63, 3.8) is 0 Å². The molecule has 0 fully saturated rings. The number of halogens is 3. The number of benzene rings is 2. The van der Waals surface area contributed by atoms with E-state index in [1.165, 1.54) is 18.5 Å². The topological polar surface area (TPSA) is 61.3 Å². The number of ether oxygens (including phenoxy) is 1. The monoisotopic (exact) mass is 308 g/mol. The first-order valence-corrected chi connectivity index (χ1v) is 6.39. The van der Waals surface area contributed by atoms with E-state index in [-0.39, 0.29) is 12.3 Å². The van der Waals surface area contributed by atoms with Crippen molar-refractivity contribution >= 4 is 11.1 Å². The number of oxazole rings is 1. The molecule has 2 aromatic carbocycles. The van der Waals surface area contributed by atoms with Crippen LogP contribution >= 0.6 is 0 Å². The van der Waals surface area contributed by atoms with Gasteiger partial charge in [0.25, 0.3) is 0 Å². The molecule has 0 amide bonds. The van der Waals surface area contributed by atoms with Crippen molar-refractivity contribution < 1.29 is 22.3 Å². The zero-order valence-corrected chi connectivity index (χ0v) is 11.2. The molecule has 0 atom stereocenters. The lowest BCUT2D eigenvalue weighted by Gasteiger charge is -2.09. The number of fused-ring (bicyclic) bond motifs is 1. The standard InChI is InChI=1S/C15H11F3N2O2/c16-15(17,18)10-2-4-11(5-3-10)22-12-6-1-9(7-19)14-13(12)20-8-21-14/h1-6,8H,7,19H2. The molecule has 22 heavy (non-hydrogen) atoms. The summed E-state index contributed by atoms with van der Waals surface area (Å²) in [7, 11) is 0.